The highest BCUT2D eigenvalue weighted by molar-refractivity contribution is 7.25. The average molecular weight is 1610 g/mol. The molecule has 15 aliphatic rings. The number of para-hydroxylation sites is 4. The van der Waals surface area contributed by atoms with E-state index >= 15 is 0 Å². The first-order valence-corrected chi connectivity index (χ1v) is 47.2. The van der Waals surface area contributed by atoms with Gasteiger partial charge in [0.15, 0.2) is 0 Å². The number of furan rings is 1. The van der Waals surface area contributed by atoms with E-state index < -0.39 is 0 Å². The minimum Gasteiger partial charge on any atom is -0.456 e. The van der Waals surface area contributed by atoms with Crippen LogP contribution in [0.2, 0.25) is 0 Å². The minimum absolute atomic E-state index is 0.197. The lowest BCUT2D eigenvalue weighted by atomic mass is 9.43. The molecule has 12 saturated carbocycles. The third-order valence-corrected chi connectivity index (χ3v) is 34.8. The molecule has 0 unspecified atom stereocenters. The van der Waals surface area contributed by atoms with Crippen LogP contribution in [0.25, 0.3) is 86.3 Å². The maximum absolute atomic E-state index is 6.34. The molecule has 123 heavy (non-hydrogen) atoms. The standard InChI is InChI=1S/C40H33NO.C40H33NS.C38H33N/c2*1-2-8-29(9-3-1)41(31-14-16-34-33-11-5-7-13-38(33)42-39(34)24-31)30-15-17-37-35(23-30)32-10-4-6-12-36(32)40(37)27-19-25-18-26(21-27)22-28(40)20-25;1-2-10-31(11-3-1)39(32-15-14-27-8-4-5-9-28(27)23-32)33-16-17-37-35(24-33)34-12-6-7-13-36(34)38(37)29-19-25-18-26(21-29)22-30(38)20-25/h2*1-17,23-28H,18-22H2;1-17,23-26,29-30H,18-22H2. The second-order valence-corrected chi connectivity index (χ2v) is 40.5. The van der Waals surface area contributed by atoms with E-state index in [2.05, 4.69) is 354 Å². The van der Waals surface area contributed by atoms with Crippen molar-refractivity contribution in [3.8, 4) is 33.4 Å². The van der Waals surface area contributed by atoms with Crippen LogP contribution in [0, 0.1) is 71.0 Å². The van der Waals surface area contributed by atoms with Crippen LogP contribution < -0.4 is 14.7 Å². The molecule has 0 atom stereocenters. The van der Waals surface area contributed by atoms with Crippen LogP contribution in [0.3, 0.4) is 0 Å². The summed E-state index contributed by atoms with van der Waals surface area (Å²) in [6.45, 7) is 0. The molecule has 0 saturated heterocycles. The van der Waals surface area contributed by atoms with Crippen LogP contribution in [0.1, 0.15) is 130 Å². The molecule has 4 nitrogen and oxygen atoms in total. The van der Waals surface area contributed by atoms with Crippen LogP contribution in [-0.4, -0.2) is 0 Å². The number of hydrogen-bond acceptors (Lipinski definition) is 5. The monoisotopic (exact) mass is 1610 g/mol. The molecule has 2 heterocycles. The molecule has 598 valence electrons. The predicted octanol–water partition coefficient (Wildman–Crippen LogP) is 32.1. The Bertz CT molecular complexity index is 6730. The summed E-state index contributed by atoms with van der Waals surface area (Å²) in [5.41, 5.74) is 31.8. The van der Waals surface area contributed by atoms with Gasteiger partial charge < -0.3 is 19.1 Å². The van der Waals surface area contributed by atoms with Crippen LogP contribution >= 0.6 is 11.3 Å². The Kier molecular flexibility index (Phi) is 16.0. The highest BCUT2D eigenvalue weighted by Gasteiger charge is 2.65. The molecule has 0 radical (unpaired) electrons. The minimum atomic E-state index is 0.197. The van der Waals surface area contributed by atoms with E-state index in [1.54, 1.807) is 33.4 Å². The van der Waals surface area contributed by atoms with Crippen molar-refractivity contribution in [2.75, 3.05) is 14.7 Å². The van der Waals surface area contributed by atoms with Gasteiger partial charge in [-0.15, -0.1) is 11.3 Å². The van der Waals surface area contributed by atoms with Crippen LogP contribution in [-0.2, 0) is 16.2 Å². The number of anilines is 9. The van der Waals surface area contributed by atoms with Crippen LogP contribution in [0.4, 0.5) is 51.2 Å². The van der Waals surface area contributed by atoms with E-state index in [1.165, 1.54) is 206 Å². The van der Waals surface area contributed by atoms with E-state index in [9.17, 15) is 0 Å². The van der Waals surface area contributed by atoms with Gasteiger partial charge in [0.1, 0.15) is 11.2 Å². The molecule has 3 spiro atoms. The van der Waals surface area contributed by atoms with Gasteiger partial charge in [-0.1, -0.05) is 218 Å². The number of thiophene rings is 1. The maximum Gasteiger partial charge on any atom is 0.137 e. The molecule has 5 heteroatoms. The van der Waals surface area contributed by atoms with Crippen molar-refractivity contribution in [1.29, 1.82) is 0 Å². The molecule has 0 N–H and O–H groups in total. The molecule has 15 aliphatic carbocycles. The maximum atomic E-state index is 6.34. The van der Waals surface area contributed by atoms with E-state index in [-0.39, 0.29) is 16.2 Å². The molecule has 12 bridgehead atoms. The molecule has 12 fully saturated rings. The zero-order chi connectivity index (χ0) is 80.4. The Labute approximate surface area is 725 Å². The van der Waals surface area contributed by atoms with Gasteiger partial charge in [0.25, 0.3) is 0 Å². The smallest absolute Gasteiger partial charge is 0.137 e. The number of hydrogen-bond donors (Lipinski definition) is 0. The number of nitrogens with zero attached hydrogens (tertiary/aromatic N) is 3. The number of benzene rings is 15. The summed E-state index contributed by atoms with van der Waals surface area (Å²) in [5, 5.41) is 7.58. The fraction of sp³-hybridized carbons (Fsp3) is 0.254. The van der Waals surface area contributed by atoms with Crippen molar-refractivity contribution in [3.05, 3.63) is 379 Å². The number of rotatable bonds is 9. The molecular weight excluding hydrogens is 1510 g/mol. The average Bonchev–Trinajstić information content (AvgIpc) is 1.55. The Morgan fingerprint density at radius 3 is 0.959 bits per heavy atom. The fourth-order valence-corrected chi connectivity index (χ4v) is 31.1. The third kappa shape index (κ3) is 10.6. The molecular formula is C118H99N3OS. The van der Waals surface area contributed by atoms with Crippen molar-refractivity contribution < 1.29 is 4.42 Å². The van der Waals surface area contributed by atoms with Crippen molar-refractivity contribution in [2.24, 2.45) is 71.0 Å². The Balaban J connectivity index is 0.0000000968. The molecule has 0 amide bonds. The lowest BCUT2D eigenvalue weighted by molar-refractivity contribution is -0.0399. The summed E-state index contributed by atoms with van der Waals surface area (Å²) in [6, 6.07) is 130. The Hall–Kier alpha value is -12.0. The molecule has 17 aromatic rings. The normalized spacial score (nSPS) is 27.0. The van der Waals surface area contributed by atoms with E-state index in [1.807, 2.05) is 17.4 Å². The lowest BCUT2D eigenvalue weighted by Gasteiger charge is -2.61. The van der Waals surface area contributed by atoms with Gasteiger partial charge in [-0.2, -0.15) is 0 Å². The predicted molar refractivity (Wildman–Crippen MR) is 511 cm³/mol. The first-order valence-electron chi connectivity index (χ1n) is 46.4. The largest absolute Gasteiger partial charge is 0.456 e. The van der Waals surface area contributed by atoms with E-state index in [0.717, 1.165) is 98.9 Å². The zero-order valence-corrected chi connectivity index (χ0v) is 70.4. The summed E-state index contributed by atoms with van der Waals surface area (Å²) in [5.74, 6) is 10.5. The summed E-state index contributed by atoms with van der Waals surface area (Å²) in [7, 11) is 0. The van der Waals surface area contributed by atoms with Gasteiger partial charge in [-0.25, -0.2) is 0 Å². The fourth-order valence-electron chi connectivity index (χ4n) is 30.0. The van der Waals surface area contributed by atoms with Crippen molar-refractivity contribution in [3.63, 3.8) is 0 Å². The van der Waals surface area contributed by atoms with Gasteiger partial charge >= 0.3 is 0 Å². The van der Waals surface area contributed by atoms with E-state index in [0.29, 0.717) is 0 Å². The Morgan fingerprint density at radius 1 is 0.203 bits per heavy atom. The summed E-state index contributed by atoms with van der Waals surface area (Å²) >= 11 is 1.90. The van der Waals surface area contributed by atoms with E-state index in [4.69, 9.17) is 4.42 Å². The summed E-state index contributed by atoms with van der Waals surface area (Å²) in [4.78, 5) is 7.31. The van der Waals surface area contributed by atoms with Crippen LogP contribution in [0.5, 0.6) is 0 Å². The summed E-state index contributed by atoms with van der Waals surface area (Å²) in [6.07, 6.45) is 21.5. The topological polar surface area (TPSA) is 22.9 Å². The first-order chi connectivity index (χ1) is 60.8. The molecule has 0 aliphatic heterocycles. The second kappa shape index (κ2) is 27.5. The SMILES string of the molecule is c1ccc(N(c2ccc3c(c2)-c2ccccc2C32C3CC4CC(C3)CC2C4)c2ccc3c(c2)oc2ccccc23)cc1.c1ccc(N(c2ccc3c(c2)-c2ccccc2C32C3CC4CC(C3)CC2C4)c2ccc3c(c2)sc2ccccc23)cc1.c1ccc(N(c2ccc3c(c2)-c2ccccc2C32C3CC4CC(C3)CC2C4)c2ccc3ccccc3c2)cc1. The molecule has 32 rings (SSSR count). The van der Waals surface area contributed by atoms with Crippen molar-refractivity contribution in [2.45, 2.75) is 113 Å². The quantitative estimate of drug-likeness (QED) is 0.144. The lowest BCUT2D eigenvalue weighted by Crippen LogP contribution is -2.55. The highest BCUT2D eigenvalue weighted by Crippen LogP contribution is 2.74. The van der Waals surface area contributed by atoms with Gasteiger partial charge in [-0.3, -0.25) is 0 Å². The van der Waals surface area contributed by atoms with Crippen molar-refractivity contribution in [1.82, 2.24) is 0 Å². The van der Waals surface area contributed by atoms with Gasteiger partial charge in [-0.05, 0) is 366 Å². The highest BCUT2D eigenvalue weighted by atomic mass is 32.1. The first kappa shape index (κ1) is 71.5. The van der Waals surface area contributed by atoms with Crippen molar-refractivity contribution >= 4 is 115 Å². The Morgan fingerprint density at radius 2 is 0.512 bits per heavy atom. The molecule has 2 aromatic heterocycles. The van der Waals surface area contributed by atoms with Gasteiger partial charge in [0.2, 0.25) is 0 Å². The second-order valence-electron chi connectivity index (χ2n) is 39.4. The summed E-state index contributed by atoms with van der Waals surface area (Å²) < 4.78 is 9.03. The zero-order valence-electron chi connectivity index (χ0n) is 69.6. The van der Waals surface area contributed by atoms with Gasteiger partial charge in [0.05, 0.1) is 0 Å². The molecule has 15 aromatic carbocycles. The van der Waals surface area contributed by atoms with Gasteiger partial charge in [0, 0.05) is 104 Å². The number of fused-ring (bicyclic) bond motifs is 16. The third-order valence-electron chi connectivity index (χ3n) is 33.7. The van der Waals surface area contributed by atoms with Crippen LogP contribution in [0.15, 0.2) is 350 Å².